The molecule has 2 atom stereocenters. The third-order valence-corrected chi connectivity index (χ3v) is 5.10. The van der Waals surface area contributed by atoms with Crippen molar-refractivity contribution >= 4 is 5.97 Å². The molecule has 1 N–H and O–H groups in total. The predicted molar refractivity (Wildman–Crippen MR) is 129 cm³/mol. The third kappa shape index (κ3) is 8.28. The highest BCUT2D eigenvalue weighted by Crippen LogP contribution is 2.35. The van der Waals surface area contributed by atoms with E-state index in [1.165, 1.54) is 38.5 Å². The van der Waals surface area contributed by atoms with Crippen molar-refractivity contribution in [3.05, 3.63) is 59.2 Å². The molecule has 0 fully saturated rings. The molecule has 0 saturated heterocycles. The van der Waals surface area contributed by atoms with Crippen molar-refractivity contribution < 1.29 is 32.9 Å². The Balaban J connectivity index is 0.000000362. The van der Waals surface area contributed by atoms with Crippen LogP contribution in [0.1, 0.15) is 71.8 Å². The Morgan fingerprint density at radius 1 is 0.824 bits per heavy atom. The minimum absolute atomic E-state index is 0.0562. The Bertz CT molecular complexity index is 935. The van der Waals surface area contributed by atoms with Gasteiger partial charge in [0.15, 0.2) is 0 Å². The van der Waals surface area contributed by atoms with Crippen LogP contribution in [-0.2, 0) is 9.53 Å². The number of hydrogen-bond acceptors (Lipinski definition) is 5. The fourth-order valence-corrected chi connectivity index (χ4v) is 3.06. The summed E-state index contributed by atoms with van der Waals surface area (Å²) in [7, 11) is 2.94. The average Bonchev–Trinajstić information content (AvgIpc) is 2.76. The molecule has 190 valence electrons. The second kappa shape index (κ2) is 12.7. The van der Waals surface area contributed by atoms with Crippen molar-refractivity contribution in [2.75, 3.05) is 14.2 Å². The van der Waals surface area contributed by atoms with Crippen molar-refractivity contribution in [2.24, 2.45) is 17.3 Å². The molecular formula is C27H38F2O5. The fourth-order valence-electron chi connectivity index (χ4n) is 3.06. The molecule has 5 nitrogen and oxygen atoms in total. The van der Waals surface area contributed by atoms with Crippen LogP contribution >= 0.6 is 0 Å². The summed E-state index contributed by atoms with van der Waals surface area (Å²) in [5, 5.41) is 9.80. The first-order chi connectivity index (χ1) is 15.7. The zero-order valence-electron chi connectivity index (χ0n) is 21.6. The van der Waals surface area contributed by atoms with Gasteiger partial charge in [0.25, 0.3) is 0 Å². The van der Waals surface area contributed by atoms with E-state index in [0.29, 0.717) is 22.6 Å². The zero-order chi connectivity index (χ0) is 26.2. The van der Waals surface area contributed by atoms with Crippen molar-refractivity contribution in [3.8, 4) is 11.5 Å². The number of esters is 1. The monoisotopic (exact) mass is 480 g/mol. The predicted octanol–water partition coefficient (Wildman–Crippen LogP) is 6.64. The van der Waals surface area contributed by atoms with E-state index in [0.717, 1.165) is 0 Å². The minimum atomic E-state index is -0.620. The van der Waals surface area contributed by atoms with E-state index < -0.39 is 17.6 Å². The van der Waals surface area contributed by atoms with Crippen LogP contribution in [0.3, 0.4) is 0 Å². The first-order valence-electron chi connectivity index (χ1n) is 11.3. The highest BCUT2D eigenvalue weighted by molar-refractivity contribution is 5.75. The maximum Gasteiger partial charge on any atom is 0.311 e. The first-order valence-corrected chi connectivity index (χ1v) is 11.3. The molecule has 0 aromatic heterocycles. The summed E-state index contributed by atoms with van der Waals surface area (Å²) in [6, 6.07) is 8.41. The van der Waals surface area contributed by atoms with Gasteiger partial charge in [-0.2, -0.15) is 0 Å². The van der Waals surface area contributed by atoms with Gasteiger partial charge in [-0.05, 0) is 56.9 Å². The summed E-state index contributed by atoms with van der Waals surface area (Å²) in [6.07, 6.45) is -1.08. The molecule has 2 rings (SSSR count). The second-order valence-corrected chi connectivity index (χ2v) is 9.78. The number of carbonyl (C=O) groups excluding carboxylic acids is 1. The lowest BCUT2D eigenvalue weighted by Crippen LogP contribution is -2.27. The summed E-state index contributed by atoms with van der Waals surface area (Å²) < 4.78 is 41.9. The SMILES string of the molecule is COc1cc(F)ccc1[C@@H](O)C(C)C.COc1cc(F)ccc1[C@@H](OC(=O)C(C)(C)C)C(C)C. The van der Waals surface area contributed by atoms with Crippen molar-refractivity contribution in [1.29, 1.82) is 0 Å². The summed E-state index contributed by atoms with van der Waals surface area (Å²) in [5.41, 5.74) is 0.728. The molecule has 0 aliphatic heterocycles. The molecule has 0 bridgehead atoms. The summed E-state index contributed by atoms with van der Waals surface area (Å²) in [6.45, 7) is 13.1. The molecule has 0 spiro atoms. The van der Waals surface area contributed by atoms with Crippen LogP contribution in [0.25, 0.3) is 0 Å². The number of methoxy groups -OCH3 is 2. The highest BCUT2D eigenvalue weighted by Gasteiger charge is 2.30. The number of halogens is 2. The van der Waals surface area contributed by atoms with Crippen LogP contribution < -0.4 is 9.47 Å². The number of benzene rings is 2. The van der Waals surface area contributed by atoms with E-state index in [9.17, 15) is 18.7 Å². The third-order valence-electron chi connectivity index (χ3n) is 5.10. The number of hydrogen-bond donors (Lipinski definition) is 1. The van der Waals surface area contributed by atoms with Crippen LogP contribution in [0.4, 0.5) is 8.78 Å². The summed E-state index contributed by atoms with van der Waals surface area (Å²) in [4.78, 5) is 12.1. The molecule has 0 amide bonds. The number of ether oxygens (including phenoxy) is 3. The Morgan fingerprint density at radius 3 is 1.65 bits per heavy atom. The van der Waals surface area contributed by atoms with Gasteiger partial charge in [0.2, 0.25) is 0 Å². The minimum Gasteiger partial charge on any atom is -0.496 e. The van der Waals surface area contributed by atoms with Crippen molar-refractivity contribution in [3.63, 3.8) is 0 Å². The van der Waals surface area contributed by atoms with Gasteiger partial charge in [-0.15, -0.1) is 0 Å². The summed E-state index contributed by atoms with van der Waals surface area (Å²) in [5.74, 6) is -0.106. The Kier molecular flexibility index (Phi) is 11.0. The normalized spacial score (nSPS) is 13.1. The van der Waals surface area contributed by atoms with E-state index in [2.05, 4.69) is 0 Å². The first kappa shape index (κ1) is 29.4. The van der Waals surface area contributed by atoms with E-state index in [1.54, 1.807) is 32.9 Å². The Hall–Kier alpha value is -2.67. The van der Waals surface area contributed by atoms with Crippen LogP contribution in [0.5, 0.6) is 11.5 Å². The molecular weight excluding hydrogens is 442 g/mol. The zero-order valence-corrected chi connectivity index (χ0v) is 21.6. The molecule has 0 heterocycles. The molecule has 0 aliphatic rings. The van der Waals surface area contributed by atoms with Gasteiger partial charge in [-0.1, -0.05) is 27.7 Å². The molecule has 0 saturated carbocycles. The second-order valence-electron chi connectivity index (χ2n) is 9.78. The van der Waals surface area contributed by atoms with Gasteiger partial charge in [-0.3, -0.25) is 4.79 Å². The molecule has 2 aromatic carbocycles. The van der Waals surface area contributed by atoms with Gasteiger partial charge < -0.3 is 19.3 Å². The Morgan fingerprint density at radius 2 is 1.26 bits per heavy atom. The van der Waals surface area contributed by atoms with Gasteiger partial charge in [0.05, 0.1) is 25.7 Å². The van der Waals surface area contributed by atoms with Crippen LogP contribution in [0, 0.1) is 28.9 Å². The van der Waals surface area contributed by atoms with Gasteiger partial charge in [-0.25, -0.2) is 8.78 Å². The molecule has 2 aromatic rings. The van der Waals surface area contributed by atoms with Gasteiger partial charge in [0.1, 0.15) is 29.2 Å². The quantitative estimate of drug-likeness (QED) is 0.450. The molecule has 7 heteroatoms. The van der Waals surface area contributed by atoms with E-state index in [-0.39, 0.29) is 29.4 Å². The van der Waals surface area contributed by atoms with Crippen LogP contribution in [0.15, 0.2) is 36.4 Å². The lowest BCUT2D eigenvalue weighted by molar-refractivity contribution is -0.161. The van der Waals surface area contributed by atoms with E-state index >= 15 is 0 Å². The number of aliphatic hydroxyl groups is 1. The number of rotatable bonds is 7. The molecule has 34 heavy (non-hydrogen) atoms. The highest BCUT2D eigenvalue weighted by atomic mass is 19.1. The maximum atomic E-state index is 13.3. The smallest absolute Gasteiger partial charge is 0.311 e. The molecule has 0 unspecified atom stereocenters. The standard InChI is InChI=1S/C16H23FO3.C11H15FO2/c1-10(2)14(20-15(18)16(3,4)5)12-8-7-11(17)9-13(12)19-6;1-7(2)11(13)9-5-4-8(12)6-10(9)14-3/h7-10,14H,1-6H3;4-7,11,13H,1-3H3/t14-;11-/m00/s1. The maximum absolute atomic E-state index is 13.3. The van der Waals surface area contributed by atoms with Gasteiger partial charge >= 0.3 is 5.97 Å². The lowest BCUT2D eigenvalue weighted by Gasteiger charge is -2.27. The lowest BCUT2D eigenvalue weighted by atomic mass is 9.95. The Labute approximate surface area is 202 Å². The molecule has 0 radical (unpaired) electrons. The topological polar surface area (TPSA) is 65.0 Å². The van der Waals surface area contributed by atoms with Crippen molar-refractivity contribution in [1.82, 2.24) is 0 Å². The van der Waals surface area contributed by atoms with Crippen LogP contribution in [0.2, 0.25) is 0 Å². The van der Waals surface area contributed by atoms with Crippen LogP contribution in [-0.4, -0.2) is 25.3 Å². The van der Waals surface area contributed by atoms with Gasteiger partial charge in [0, 0.05) is 23.3 Å². The van der Waals surface area contributed by atoms with Crippen molar-refractivity contribution in [2.45, 2.75) is 60.7 Å². The van der Waals surface area contributed by atoms with E-state index in [4.69, 9.17) is 14.2 Å². The fraction of sp³-hybridized carbons (Fsp3) is 0.519. The average molecular weight is 481 g/mol. The number of carbonyl (C=O) groups is 1. The summed E-state index contributed by atoms with van der Waals surface area (Å²) >= 11 is 0. The number of aliphatic hydroxyl groups excluding tert-OH is 1. The van der Waals surface area contributed by atoms with E-state index in [1.807, 2.05) is 27.7 Å². The largest absolute Gasteiger partial charge is 0.496 e. The molecule has 0 aliphatic carbocycles.